The van der Waals surface area contributed by atoms with Crippen LogP contribution in [0.25, 0.3) is 0 Å². The highest BCUT2D eigenvalue weighted by molar-refractivity contribution is 4.88. The zero-order valence-electron chi connectivity index (χ0n) is 11.0. The molecule has 0 aliphatic carbocycles. The number of methoxy groups -OCH3 is 2. The molecule has 2 atom stereocenters. The summed E-state index contributed by atoms with van der Waals surface area (Å²) >= 11 is 0. The number of hydrogen-bond acceptors (Lipinski definition) is 2. The SMILES string of the molecule is COC([C@H](OC)C(C)(C)C)C(C)(C)C. The summed E-state index contributed by atoms with van der Waals surface area (Å²) < 4.78 is 11.1. The first-order valence-electron chi connectivity index (χ1n) is 5.20. The van der Waals surface area contributed by atoms with E-state index in [-0.39, 0.29) is 23.0 Å². The highest BCUT2D eigenvalue weighted by Gasteiger charge is 2.39. The van der Waals surface area contributed by atoms with Crippen LogP contribution in [-0.2, 0) is 9.47 Å². The van der Waals surface area contributed by atoms with Gasteiger partial charge in [0.1, 0.15) is 0 Å². The predicted molar refractivity (Wildman–Crippen MR) is 60.5 cm³/mol. The van der Waals surface area contributed by atoms with Crippen molar-refractivity contribution in [3.8, 4) is 0 Å². The molecule has 0 saturated heterocycles. The molecule has 0 radical (unpaired) electrons. The Bertz CT molecular complexity index is 142. The maximum absolute atomic E-state index is 5.57. The topological polar surface area (TPSA) is 18.5 Å². The van der Waals surface area contributed by atoms with E-state index in [1.165, 1.54) is 0 Å². The molecule has 0 aliphatic rings. The number of ether oxygens (including phenoxy) is 2. The Morgan fingerprint density at radius 2 is 0.857 bits per heavy atom. The molecule has 86 valence electrons. The quantitative estimate of drug-likeness (QED) is 0.700. The Kier molecular flexibility index (Phi) is 4.60. The first-order valence-corrected chi connectivity index (χ1v) is 5.20. The second-order valence-electron chi connectivity index (χ2n) is 6.04. The van der Waals surface area contributed by atoms with E-state index in [4.69, 9.17) is 9.47 Å². The van der Waals surface area contributed by atoms with Crippen LogP contribution in [0.2, 0.25) is 0 Å². The molecule has 1 unspecified atom stereocenters. The molecule has 0 amide bonds. The normalized spacial score (nSPS) is 18.0. The van der Waals surface area contributed by atoms with Crippen molar-refractivity contribution >= 4 is 0 Å². The maximum atomic E-state index is 5.57. The van der Waals surface area contributed by atoms with E-state index in [2.05, 4.69) is 41.5 Å². The average Bonchev–Trinajstić information content (AvgIpc) is 1.94. The highest BCUT2D eigenvalue weighted by atomic mass is 16.5. The van der Waals surface area contributed by atoms with E-state index in [1.807, 2.05) is 0 Å². The van der Waals surface area contributed by atoms with E-state index >= 15 is 0 Å². The first-order chi connectivity index (χ1) is 6.14. The monoisotopic (exact) mass is 202 g/mol. The van der Waals surface area contributed by atoms with E-state index in [0.717, 1.165) is 0 Å². The van der Waals surface area contributed by atoms with Crippen LogP contribution in [0, 0.1) is 10.8 Å². The second-order valence-corrected chi connectivity index (χ2v) is 6.04. The van der Waals surface area contributed by atoms with E-state index in [9.17, 15) is 0 Å². The van der Waals surface area contributed by atoms with Gasteiger partial charge in [-0.2, -0.15) is 0 Å². The lowest BCUT2D eigenvalue weighted by Crippen LogP contribution is -2.47. The summed E-state index contributed by atoms with van der Waals surface area (Å²) in [6.45, 7) is 13.1. The van der Waals surface area contributed by atoms with Gasteiger partial charge in [0.25, 0.3) is 0 Å². The smallest absolute Gasteiger partial charge is 0.0885 e. The predicted octanol–water partition coefficient (Wildman–Crippen LogP) is 3.11. The van der Waals surface area contributed by atoms with Crippen molar-refractivity contribution in [1.82, 2.24) is 0 Å². The molecular formula is C12H26O2. The minimum absolute atomic E-state index is 0.0999. The molecule has 0 aromatic rings. The molecule has 0 rings (SSSR count). The van der Waals surface area contributed by atoms with Crippen LogP contribution >= 0.6 is 0 Å². The Hall–Kier alpha value is -0.0800. The van der Waals surface area contributed by atoms with Crippen LogP contribution in [0.4, 0.5) is 0 Å². The third-order valence-corrected chi connectivity index (χ3v) is 2.49. The van der Waals surface area contributed by atoms with Gasteiger partial charge in [0.15, 0.2) is 0 Å². The lowest BCUT2D eigenvalue weighted by molar-refractivity contribution is -0.127. The van der Waals surface area contributed by atoms with Crippen LogP contribution in [0.15, 0.2) is 0 Å². The molecule has 0 heterocycles. The molecule has 0 spiro atoms. The Balaban J connectivity index is 4.81. The average molecular weight is 202 g/mol. The summed E-state index contributed by atoms with van der Waals surface area (Å²) in [5.74, 6) is 0. The highest BCUT2D eigenvalue weighted by Crippen LogP contribution is 2.34. The molecule has 2 nitrogen and oxygen atoms in total. The molecule has 0 fully saturated rings. The van der Waals surface area contributed by atoms with Crippen LogP contribution in [0.3, 0.4) is 0 Å². The molecule has 0 aliphatic heterocycles. The van der Waals surface area contributed by atoms with E-state index < -0.39 is 0 Å². The van der Waals surface area contributed by atoms with Crippen molar-refractivity contribution in [1.29, 1.82) is 0 Å². The summed E-state index contributed by atoms with van der Waals surface area (Å²) in [6.07, 6.45) is 0.236. The summed E-state index contributed by atoms with van der Waals surface area (Å²) in [7, 11) is 3.52. The zero-order valence-corrected chi connectivity index (χ0v) is 11.0. The van der Waals surface area contributed by atoms with E-state index in [0.29, 0.717) is 0 Å². The molecule has 0 N–H and O–H groups in total. The molecule has 0 bridgehead atoms. The lowest BCUT2D eigenvalue weighted by Gasteiger charge is -2.41. The third kappa shape index (κ3) is 3.58. The molecule has 0 aromatic heterocycles. The fourth-order valence-corrected chi connectivity index (χ4v) is 1.86. The van der Waals surface area contributed by atoms with Gasteiger partial charge in [-0.1, -0.05) is 41.5 Å². The van der Waals surface area contributed by atoms with Gasteiger partial charge >= 0.3 is 0 Å². The van der Waals surface area contributed by atoms with Gasteiger partial charge in [0.05, 0.1) is 12.2 Å². The Morgan fingerprint density at radius 1 is 0.643 bits per heavy atom. The fraction of sp³-hybridized carbons (Fsp3) is 1.00. The van der Waals surface area contributed by atoms with Crippen molar-refractivity contribution in [2.45, 2.75) is 53.8 Å². The minimum atomic E-state index is 0.0999. The van der Waals surface area contributed by atoms with Crippen LogP contribution in [-0.4, -0.2) is 26.4 Å². The summed E-state index contributed by atoms with van der Waals surface area (Å²) in [6, 6.07) is 0. The molecular weight excluding hydrogens is 176 g/mol. The standard InChI is InChI=1S/C12H26O2/c1-11(2,3)9(13-7)10(14-8)12(4,5)6/h9-10H,1-8H3/t9-,10?/m0/s1. The van der Waals surface area contributed by atoms with Crippen molar-refractivity contribution in [3.05, 3.63) is 0 Å². The van der Waals surface area contributed by atoms with Gasteiger partial charge in [0, 0.05) is 14.2 Å². The molecule has 0 saturated carbocycles. The van der Waals surface area contributed by atoms with Crippen LogP contribution < -0.4 is 0 Å². The summed E-state index contributed by atoms with van der Waals surface area (Å²) in [5, 5.41) is 0. The summed E-state index contributed by atoms with van der Waals surface area (Å²) in [5.41, 5.74) is 0.200. The third-order valence-electron chi connectivity index (χ3n) is 2.49. The van der Waals surface area contributed by atoms with Crippen molar-refractivity contribution in [2.24, 2.45) is 10.8 Å². The largest absolute Gasteiger partial charge is 0.378 e. The van der Waals surface area contributed by atoms with E-state index in [1.54, 1.807) is 14.2 Å². The van der Waals surface area contributed by atoms with Gasteiger partial charge in [-0.3, -0.25) is 0 Å². The van der Waals surface area contributed by atoms with Crippen molar-refractivity contribution < 1.29 is 9.47 Å². The minimum Gasteiger partial charge on any atom is -0.378 e. The van der Waals surface area contributed by atoms with Crippen LogP contribution in [0.5, 0.6) is 0 Å². The first kappa shape index (κ1) is 13.9. The van der Waals surface area contributed by atoms with Gasteiger partial charge in [-0.25, -0.2) is 0 Å². The van der Waals surface area contributed by atoms with Gasteiger partial charge in [0.2, 0.25) is 0 Å². The van der Waals surface area contributed by atoms with Crippen LogP contribution in [0.1, 0.15) is 41.5 Å². The number of rotatable bonds is 3. The lowest BCUT2D eigenvalue weighted by atomic mass is 9.76. The Labute approximate surface area is 89.0 Å². The zero-order chi connectivity index (χ0) is 11.6. The van der Waals surface area contributed by atoms with Crippen molar-refractivity contribution in [3.63, 3.8) is 0 Å². The van der Waals surface area contributed by atoms with Crippen molar-refractivity contribution in [2.75, 3.05) is 14.2 Å². The molecule has 14 heavy (non-hydrogen) atoms. The fourth-order valence-electron chi connectivity index (χ4n) is 1.86. The summed E-state index contributed by atoms with van der Waals surface area (Å²) in [4.78, 5) is 0. The van der Waals surface area contributed by atoms with Gasteiger partial charge in [-0.05, 0) is 10.8 Å². The van der Waals surface area contributed by atoms with Gasteiger partial charge in [-0.15, -0.1) is 0 Å². The molecule has 2 heteroatoms. The Morgan fingerprint density at radius 3 is 0.929 bits per heavy atom. The molecule has 0 aromatic carbocycles. The maximum Gasteiger partial charge on any atom is 0.0885 e. The van der Waals surface area contributed by atoms with Gasteiger partial charge < -0.3 is 9.47 Å². The number of hydrogen-bond donors (Lipinski definition) is 0. The second kappa shape index (κ2) is 4.63.